The zero-order chi connectivity index (χ0) is 39.6. The number of aromatic hydroxyl groups is 3. The van der Waals surface area contributed by atoms with Crippen LogP contribution in [0, 0.1) is 20.8 Å². The molecule has 0 saturated carbocycles. The molecule has 0 atom stereocenters. The molecule has 3 aromatic rings. The van der Waals surface area contributed by atoms with Crippen molar-refractivity contribution in [2.45, 2.75) is 138 Å². The maximum atomic E-state index is 10.6. The van der Waals surface area contributed by atoms with Crippen LogP contribution in [0.3, 0.4) is 0 Å². The molecule has 0 radical (unpaired) electrons. The largest absolute Gasteiger partial charge is 0.507 e. The van der Waals surface area contributed by atoms with Gasteiger partial charge in [0.2, 0.25) is 0 Å². The lowest BCUT2D eigenvalue weighted by atomic mass is 9.83. The Morgan fingerprint density at radius 2 is 0.635 bits per heavy atom. The van der Waals surface area contributed by atoms with E-state index in [1.807, 2.05) is 119 Å². The Kier molecular flexibility index (Phi) is 17.6. The Morgan fingerprint density at radius 3 is 0.788 bits per heavy atom. The molecule has 10 nitrogen and oxygen atoms in total. The molecular formula is C42H63NO9. The standard InChI is InChI=1S/3C14H20O3.H3N/c3*1-9-7-10(5-6-12(15)16)8-11(13(9)17)14(2,3)4;/h3*7-8,17H,5-6H2,1-4H3,(H,15,16);1H3. The smallest absolute Gasteiger partial charge is 0.303 e. The topological polar surface area (TPSA) is 208 Å². The second kappa shape index (κ2) is 19.3. The van der Waals surface area contributed by atoms with E-state index < -0.39 is 17.9 Å². The minimum atomic E-state index is -0.798. The number of benzene rings is 3. The number of rotatable bonds is 9. The Balaban J connectivity index is 0.000000743. The van der Waals surface area contributed by atoms with Crippen LogP contribution in [0.15, 0.2) is 36.4 Å². The van der Waals surface area contributed by atoms with E-state index in [-0.39, 0.29) is 41.7 Å². The highest BCUT2D eigenvalue weighted by molar-refractivity contribution is 5.68. The van der Waals surface area contributed by atoms with Gasteiger partial charge in [0, 0.05) is 19.3 Å². The molecule has 0 aliphatic rings. The van der Waals surface area contributed by atoms with Crippen LogP contribution in [-0.4, -0.2) is 48.5 Å². The number of aryl methyl sites for hydroxylation is 6. The van der Waals surface area contributed by atoms with Gasteiger partial charge in [0.25, 0.3) is 0 Å². The highest BCUT2D eigenvalue weighted by Gasteiger charge is 2.22. The van der Waals surface area contributed by atoms with Gasteiger partial charge in [0.15, 0.2) is 0 Å². The summed E-state index contributed by atoms with van der Waals surface area (Å²) in [6.07, 6.45) is 1.86. The first-order valence-electron chi connectivity index (χ1n) is 17.3. The second-order valence-electron chi connectivity index (χ2n) is 16.4. The SMILES string of the molecule is Cc1cc(CCC(=O)O)cc(C(C)(C)C)c1O.Cc1cc(CCC(=O)O)cc(C(C)(C)C)c1O.Cc1cc(CCC(=O)O)cc(C(C)(C)C)c1O.N. The van der Waals surface area contributed by atoms with Crippen molar-refractivity contribution in [1.29, 1.82) is 0 Å². The summed E-state index contributed by atoms with van der Waals surface area (Å²) < 4.78 is 0. The van der Waals surface area contributed by atoms with Crippen molar-refractivity contribution >= 4 is 17.9 Å². The number of phenols is 3. The summed E-state index contributed by atoms with van der Waals surface area (Å²) in [7, 11) is 0. The van der Waals surface area contributed by atoms with Gasteiger partial charge in [-0.2, -0.15) is 0 Å². The van der Waals surface area contributed by atoms with Gasteiger partial charge in [0.1, 0.15) is 17.2 Å². The molecule has 290 valence electrons. The maximum Gasteiger partial charge on any atom is 0.303 e. The summed E-state index contributed by atoms with van der Waals surface area (Å²) in [6, 6.07) is 11.3. The van der Waals surface area contributed by atoms with Crippen LogP contribution in [0.2, 0.25) is 0 Å². The van der Waals surface area contributed by atoms with E-state index in [1.165, 1.54) is 0 Å². The van der Waals surface area contributed by atoms with Crippen LogP contribution in [-0.2, 0) is 49.9 Å². The van der Waals surface area contributed by atoms with Gasteiger partial charge in [-0.15, -0.1) is 0 Å². The zero-order valence-electron chi connectivity index (χ0n) is 33.3. The summed E-state index contributed by atoms with van der Waals surface area (Å²) in [5, 5.41) is 56.1. The van der Waals surface area contributed by atoms with E-state index in [2.05, 4.69) is 0 Å². The number of aliphatic carboxylic acids is 3. The van der Waals surface area contributed by atoms with Crippen molar-refractivity contribution in [2.75, 3.05) is 0 Å². The molecule has 0 aliphatic carbocycles. The monoisotopic (exact) mass is 725 g/mol. The van der Waals surface area contributed by atoms with Gasteiger partial charge >= 0.3 is 17.9 Å². The third kappa shape index (κ3) is 15.4. The van der Waals surface area contributed by atoms with Gasteiger partial charge in [-0.05, 0) is 106 Å². The lowest BCUT2D eigenvalue weighted by molar-refractivity contribution is -0.138. The molecule has 0 heterocycles. The highest BCUT2D eigenvalue weighted by atomic mass is 16.4. The molecule has 3 aromatic carbocycles. The predicted octanol–water partition coefficient (Wildman–Crippen LogP) is 9.21. The number of hydrogen-bond donors (Lipinski definition) is 7. The van der Waals surface area contributed by atoms with Crippen molar-refractivity contribution in [3.63, 3.8) is 0 Å². The van der Waals surface area contributed by atoms with E-state index in [0.29, 0.717) is 36.5 Å². The Morgan fingerprint density at radius 1 is 0.442 bits per heavy atom. The maximum absolute atomic E-state index is 10.6. The van der Waals surface area contributed by atoms with Crippen LogP contribution in [0.25, 0.3) is 0 Å². The van der Waals surface area contributed by atoms with E-state index in [1.54, 1.807) is 0 Å². The van der Waals surface area contributed by atoms with E-state index >= 15 is 0 Å². The molecule has 0 bridgehead atoms. The lowest BCUT2D eigenvalue weighted by Gasteiger charge is -2.22. The van der Waals surface area contributed by atoms with Gasteiger partial charge in [-0.3, -0.25) is 14.4 Å². The number of carboxylic acid groups (broad SMARTS) is 3. The number of hydrogen-bond acceptors (Lipinski definition) is 7. The molecule has 0 aliphatic heterocycles. The first-order valence-corrected chi connectivity index (χ1v) is 17.3. The van der Waals surface area contributed by atoms with E-state index in [9.17, 15) is 29.7 Å². The van der Waals surface area contributed by atoms with Crippen molar-refractivity contribution in [3.05, 3.63) is 86.5 Å². The molecule has 0 unspecified atom stereocenters. The number of carbonyl (C=O) groups is 3. The molecule has 0 amide bonds. The predicted molar refractivity (Wildman–Crippen MR) is 208 cm³/mol. The van der Waals surface area contributed by atoms with Crippen LogP contribution < -0.4 is 6.15 Å². The first kappa shape index (κ1) is 47.4. The summed E-state index contributed by atoms with van der Waals surface area (Å²) >= 11 is 0. The van der Waals surface area contributed by atoms with Crippen LogP contribution in [0.4, 0.5) is 0 Å². The lowest BCUT2D eigenvalue weighted by Crippen LogP contribution is -2.12. The van der Waals surface area contributed by atoms with Gasteiger partial charge in [-0.25, -0.2) is 0 Å². The average Bonchev–Trinajstić information content (AvgIpc) is 2.97. The molecule has 0 spiro atoms. The minimum Gasteiger partial charge on any atom is -0.507 e. The van der Waals surface area contributed by atoms with Crippen LogP contribution in [0.5, 0.6) is 17.2 Å². The van der Waals surface area contributed by atoms with Crippen LogP contribution in [0.1, 0.15) is 132 Å². The molecule has 9 N–H and O–H groups in total. The van der Waals surface area contributed by atoms with Crippen molar-refractivity contribution in [1.82, 2.24) is 6.15 Å². The molecule has 10 heteroatoms. The number of carboxylic acids is 3. The minimum absolute atomic E-state index is 0. The fraction of sp³-hybridized carbons (Fsp3) is 0.500. The Hall–Kier alpha value is -4.57. The molecule has 52 heavy (non-hydrogen) atoms. The zero-order valence-corrected chi connectivity index (χ0v) is 33.3. The molecule has 3 rings (SSSR count). The van der Waals surface area contributed by atoms with Crippen LogP contribution >= 0.6 is 0 Å². The fourth-order valence-electron chi connectivity index (χ4n) is 5.46. The third-order valence-electron chi connectivity index (χ3n) is 8.39. The Labute approximate surface area is 310 Å². The quantitative estimate of drug-likeness (QED) is 0.111. The summed E-state index contributed by atoms with van der Waals surface area (Å²) in [5.41, 5.74) is 7.49. The molecular weight excluding hydrogens is 662 g/mol. The van der Waals surface area contributed by atoms with E-state index in [0.717, 1.165) is 50.1 Å². The fourth-order valence-corrected chi connectivity index (χ4v) is 5.46. The highest BCUT2D eigenvalue weighted by Crippen LogP contribution is 2.36. The summed E-state index contributed by atoms with van der Waals surface area (Å²) in [4.78, 5) is 31.7. The van der Waals surface area contributed by atoms with Gasteiger partial charge in [0.05, 0.1) is 0 Å². The summed E-state index contributed by atoms with van der Waals surface area (Å²) in [6.45, 7) is 23.8. The van der Waals surface area contributed by atoms with E-state index in [4.69, 9.17) is 15.3 Å². The third-order valence-corrected chi connectivity index (χ3v) is 8.39. The summed E-state index contributed by atoms with van der Waals surface area (Å²) in [5.74, 6) is -1.45. The molecule has 0 aromatic heterocycles. The molecule has 0 fully saturated rings. The van der Waals surface area contributed by atoms with Crippen molar-refractivity contribution in [3.8, 4) is 17.2 Å². The van der Waals surface area contributed by atoms with Gasteiger partial charge in [-0.1, -0.05) is 98.7 Å². The normalized spacial score (nSPS) is 11.3. The van der Waals surface area contributed by atoms with Crippen molar-refractivity contribution in [2.24, 2.45) is 0 Å². The molecule has 0 saturated heterocycles. The average molecular weight is 726 g/mol. The van der Waals surface area contributed by atoms with Crippen molar-refractivity contribution < 1.29 is 45.0 Å². The first-order chi connectivity index (χ1) is 23.1. The van der Waals surface area contributed by atoms with Gasteiger partial charge < -0.3 is 36.8 Å². The Bertz CT molecular complexity index is 1490. The number of phenolic OH excluding ortho intramolecular Hbond substituents is 3. The second-order valence-corrected chi connectivity index (χ2v) is 16.4.